The predicted octanol–water partition coefficient (Wildman–Crippen LogP) is -0.990. The van der Waals surface area contributed by atoms with E-state index < -0.39 is 29.0 Å². The number of H-pyrrole nitrogens is 1. The SMILES string of the molecule is CC(C)C(CNC(=O)Cn1ccc(=O)[nH]c1=O)C(=O)O. The second kappa shape index (κ2) is 6.69. The molecular weight excluding hydrogens is 266 g/mol. The predicted molar refractivity (Wildman–Crippen MR) is 70.3 cm³/mol. The fraction of sp³-hybridized carbons (Fsp3) is 0.500. The Labute approximate surface area is 114 Å². The lowest BCUT2D eigenvalue weighted by Gasteiger charge is -2.16. The molecule has 1 heterocycles. The van der Waals surface area contributed by atoms with Crippen LogP contribution in [0.2, 0.25) is 0 Å². The zero-order valence-corrected chi connectivity index (χ0v) is 11.3. The molecule has 0 aliphatic rings. The molecule has 8 nitrogen and oxygen atoms in total. The highest BCUT2D eigenvalue weighted by Gasteiger charge is 2.21. The third kappa shape index (κ3) is 4.38. The van der Waals surface area contributed by atoms with Crippen LogP contribution in [0.25, 0.3) is 0 Å². The summed E-state index contributed by atoms with van der Waals surface area (Å²) in [5.41, 5.74) is -1.23. The Kier molecular flexibility index (Phi) is 5.24. The number of rotatable bonds is 6. The van der Waals surface area contributed by atoms with Crippen molar-refractivity contribution in [3.05, 3.63) is 33.1 Å². The minimum Gasteiger partial charge on any atom is -0.481 e. The number of aliphatic carboxylic acids is 1. The number of amides is 1. The molecule has 0 saturated carbocycles. The lowest BCUT2D eigenvalue weighted by molar-refractivity contribution is -0.143. The van der Waals surface area contributed by atoms with Crippen molar-refractivity contribution in [3.8, 4) is 0 Å². The van der Waals surface area contributed by atoms with Gasteiger partial charge in [0.1, 0.15) is 6.54 Å². The molecule has 1 atom stereocenters. The average Bonchev–Trinajstić information content (AvgIpc) is 2.32. The molecule has 0 radical (unpaired) electrons. The van der Waals surface area contributed by atoms with Crippen LogP contribution in [-0.4, -0.2) is 33.1 Å². The van der Waals surface area contributed by atoms with Crippen LogP contribution in [0.4, 0.5) is 0 Å². The van der Waals surface area contributed by atoms with E-state index in [4.69, 9.17) is 5.11 Å². The Bertz CT molecular complexity index is 602. The van der Waals surface area contributed by atoms with Crippen LogP contribution in [0.15, 0.2) is 21.9 Å². The minimum absolute atomic E-state index is 0.00998. The first kappa shape index (κ1) is 15.7. The van der Waals surface area contributed by atoms with Crippen LogP contribution in [0.3, 0.4) is 0 Å². The Hall–Kier alpha value is -2.38. The van der Waals surface area contributed by atoms with E-state index in [1.165, 1.54) is 6.20 Å². The second-order valence-electron chi connectivity index (χ2n) is 4.73. The molecule has 20 heavy (non-hydrogen) atoms. The summed E-state index contributed by atoms with van der Waals surface area (Å²) in [6, 6.07) is 1.13. The molecule has 0 aromatic carbocycles. The van der Waals surface area contributed by atoms with Crippen LogP contribution < -0.4 is 16.6 Å². The van der Waals surface area contributed by atoms with Gasteiger partial charge in [0.05, 0.1) is 5.92 Å². The zero-order chi connectivity index (χ0) is 15.3. The number of aromatic amines is 1. The first-order chi connectivity index (χ1) is 9.31. The first-order valence-corrected chi connectivity index (χ1v) is 6.10. The number of carbonyl (C=O) groups is 2. The number of aromatic nitrogens is 2. The highest BCUT2D eigenvalue weighted by Crippen LogP contribution is 2.09. The Morgan fingerprint density at radius 1 is 1.40 bits per heavy atom. The van der Waals surface area contributed by atoms with Gasteiger partial charge in [-0.25, -0.2) is 4.79 Å². The maximum absolute atomic E-state index is 11.6. The minimum atomic E-state index is -0.985. The topological polar surface area (TPSA) is 121 Å². The largest absolute Gasteiger partial charge is 0.481 e. The lowest BCUT2D eigenvalue weighted by Crippen LogP contribution is -2.39. The van der Waals surface area contributed by atoms with Crippen LogP contribution in [0.1, 0.15) is 13.8 Å². The summed E-state index contributed by atoms with van der Waals surface area (Å²) >= 11 is 0. The molecule has 1 rings (SSSR count). The van der Waals surface area contributed by atoms with Gasteiger partial charge < -0.3 is 10.4 Å². The van der Waals surface area contributed by atoms with Gasteiger partial charge in [0.15, 0.2) is 0 Å². The summed E-state index contributed by atoms with van der Waals surface area (Å²) in [6.45, 7) is 3.21. The van der Waals surface area contributed by atoms with Crippen LogP contribution in [0, 0.1) is 11.8 Å². The Balaban J connectivity index is 2.62. The van der Waals surface area contributed by atoms with Crippen LogP contribution in [0.5, 0.6) is 0 Å². The smallest absolute Gasteiger partial charge is 0.328 e. The Morgan fingerprint density at radius 3 is 2.55 bits per heavy atom. The van der Waals surface area contributed by atoms with Gasteiger partial charge in [-0.15, -0.1) is 0 Å². The molecule has 1 unspecified atom stereocenters. The number of nitrogens with zero attached hydrogens (tertiary/aromatic N) is 1. The van der Waals surface area contributed by atoms with Crippen molar-refractivity contribution in [2.24, 2.45) is 11.8 Å². The van der Waals surface area contributed by atoms with Crippen molar-refractivity contribution in [2.45, 2.75) is 20.4 Å². The first-order valence-electron chi connectivity index (χ1n) is 6.10. The highest BCUT2D eigenvalue weighted by molar-refractivity contribution is 5.77. The van der Waals surface area contributed by atoms with Gasteiger partial charge in [-0.05, 0) is 5.92 Å². The zero-order valence-electron chi connectivity index (χ0n) is 11.3. The third-order valence-electron chi connectivity index (χ3n) is 2.85. The van der Waals surface area contributed by atoms with E-state index in [0.717, 1.165) is 10.6 Å². The van der Waals surface area contributed by atoms with Crippen molar-refractivity contribution < 1.29 is 14.7 Å². The molecule has 0 spiro atoms. The van der Waals surface area contributed by atoms with E-state index in [-0.39, 0.29) is 19.0 Å². The summed E-state index contributed by atoms with van der Waals surface area (Å²) in [5.74, 6) is -2.29. The molecule has 1 amide bonds. The summed E-state index contributed by atoms with van der Waals surface area (Å²) < 4.78 is 1.03. The van der Waals surface area contributed by atoms with Gasteiger partial charge in [0.25, 0.3) is 5.56 Å². The number of carboxylic acid groups (broad SMARTS) is 1. The number of hydrogen-bond donors (Lipinski definition) is 3. The average molecular weight is 283 g/mol. The van der Waals surface area contributed by atoms with E-state index in [0.29, 0.717) is 0 Å². The van der Waals surface area contributed by atoms with Gasteiger partial charge in [-0.3, -0.25) is 23.9 Å². The lowest BCUT2D eigenvalue weighted by atomic mass is 9.96. The van der Waals surface area contributed by atoms with Gasteiger partial charge in [-0.2, -0.15) is 0 Å². The molecule has 0 bridgehead atoms. The summed E-state index contributed by atoms with van der Waals surface area (Å²) in [5, 5.41) is 11.4. The Morgan fingerprint density at radius 2 is 2.05 bits per heavy atom. The monoisotopic (exact) mass is 283 g/mol. The number of carboxylic acids is 1. The van der Waals surface area contributed by atoms with Crippen molar-refractivity contribution in [1.82, 2.24) is 14.9 Å². The maximum atomic E-state index is 11.6. The van der Waals surface area contributed by atoms with Crippen LogP contribution in [-0.2, 0) is 16.1 Å². The molecule has 1 aromatic heterocycles. The normalized spacial score (nSPS) is 12.2. The molecule has 3 N–H and O–H groups in total. The van der Waals surface area contributed by atoms with Crippen molar-refractivity contribution in [1.29, 1.82) is 0 Å². The summed E-state index contributed by atoms with van der Waals surface area (Å²) in [4.78, 5) is 46.8. The van der Waals surface area contributed by atoms with E-state index in [1.807, 2.05) is 4.98 Å². The molecule has 0 aliphatic carbocycles. The molecule has 0 aliphatic heterocycles. The number of nitrogens with one attached hydrogen (secondary N) is 2. The van der Waals surface area contributed by atoms with E-state index >= 15 is 0 Å². The van der Waals surface area contributed by atoms with Gasteiger partial charge in [0.2, 0.25) is 5.91 Å². The third-order valence-corrected chi connectivity index (χ3v) is 2.85. The molecular formula is C12H17N3O5. The van der Waals surface area contributed by atoms with E-state index in [9.17, 15) is 19.2 Å². The summed E-state index contributed by atoms with van der Waals surface area (Å²) in [7, 11) is 0. The number of carbonyl (C=O) groups excluding carboxylic acids is 1. The summed E-state index contributed by atoms with van der Waals surface area (Å²) in [6.07, 6.45) is 1.21. The maximum Gasteiger partial charge on any atom is 0.328 e. The standard InChI is InChI=1S/C12H17N3O5/c1-7(2)8(11(18)19)5-13-10(17)6-15-4-3-9(16)14-12(15)20/h3-4,7-8H,5-6H2,1-2H3,(H,13,17)(H,18,19)(H,14,16,20). The second-order valence-corrected chi connectivity index (χ2v) is 4.73. The fourth-order valence-electron chi connectivity index (χ4n) is 1.61. The van der Waals surface area contributed by atoms with Crippen LogP contribution >= 0.6 is 0 Å². The molecule has 0 fully saturated rings. The van der Waals surface area contributed by atoms with Crippen molar-refractivity contribution in [2.75, 3.05) is 6.54 Å². The van der Waals surface area contributed by atoms with Gasteiger partial charge in [-0.1, -0.05) is 13.8 Å². The number of hydrogen-bond acceptors (Lipinski definition) is 4. The molecule has 110 valence electrons. The molecule has 8 heteroatoms. The van der Waals surface area contributed by atoms with Gasteiger partial charge >= 0.3 is 11.7 Å². The fourth-order valence-corrected chi connectivity index (χ4v) is 1.61. The van der Waals surface area contributed by atoms with Crippen molar-refractivity contribution >= 4 is 11.9 Å². The van der Waals surface area contributed by atoms with Gasteiger partial charge in [0, 0.05) is 18.8 Å². The van der Waals surface area contributed by atoms with E-state index in [1.54, 1.807) is 13.8 Å². The quantitative estimate of drug-likeness (QED) is 0.619. The molecule has 0 saturated heterocycles. The van der Waals surface area contributed by atoms with E-state index in [2.05, 4.69) is 5.32 Å². The van der Waals surface area contributed by atoms with Crippen molar-refractivity contribution in [3.63, 3.8) is 0 Å². The highest BCUT2D eigenvalue weighted by atomic mass is 16.4. The molecule has 1 aromatic rings.